The Balaban J connectivity index is 1.97. The molecule has 0 fully saturated rings. The third-order valence-electron chi connectivity index (χ3n) is 3.53. The molecule has 0 unspecified atom stereocenters. The molecule has 2 aromatic carbocycles. The number of fused-ring (bicyclic) bond motifs is 1. The van der Waals surface area contributed by atoms with Crippen molar-refractivity contribution in [1.82, 2.24) is 9.97 Å². The van der Waals surface area contributed by atoms with E-state index in [1.165, 1.54) is 10.8 Å². The zero-order valence-electron chi connectivity index (χ0n) is 12.2. The Morgan fingerprint density at radius 1 is 1.00 bits per heavy atom. The summed E-state index contributed by atoms with van der Waals surface area (Å²) in [7, 11) is 0. The number of rotatable bonds is 5. The molecular weight excluding hydrogens is 258 g/mol. The van der Waals surface area contributed by atoms with Crippen molar-refractivity contribution in [1.29, 1.82) is 0 Å². The number of unbranched alkanes of at least 4 members (excludes halogenated alkanes) is 1. The first kappa shape index (κ1) is 13.6. The fourth-order valence-electron chi connectivity index (χ4n) is 2.42. The van der Waals surface area contributed by atoms with Gasteiger partial charge in [0.2, 0.25) is 5.95 Å². The number of aromatic nitrogens is 2. The van der Waals surface area contributed by atoms with Crippen LogP contribution in [0.4, 0.5) is 5.95 Å². The number of anilines is 1. The van der Waals surface area contributed by atoms with Gasteiger partial charge in [0.15, 0.2) is 0 Å². The maximum absolute atomic E-state index is 4.64. The highest BCUT2D eigenvalue weighted by atomic mass is 15.1. The number of hydrogen-bond donors (Lipinski definition) is 1. The maximum atomic E-state index is 4.64. The quantitative estimate of drug-likeness (QED) is 0.697. The molecule has 3 nitrogen and oxygen atoms in total. The molecule has 0 aliphatic rings. The van der Waals surface area contributed by atoms with Crippen LogP contribution in [-0.2, 0) is 0 Å². The lowest BCUT2D eigenvalue weighted by Gasteiger charge is -2.08. The van der Waals surface area contributed by atoms with E-state index >= 15 is 0 Å². The highest BCUT2D eigenvalue weighted by Crippen LogP contribution is 2.27. The van der Waals surface area contributed by atoms with E-state index in [1.54, 1.807) is 0 Å². The fraction of sp³-hybridized carbons (Fsp3) is 0.222. The summed E-state index contributed by atoms with van der Waals surface area (Å²) in [4.78, 5) is 8.94. The normalized spacial score (nSPS) is 10.7. The molecule has 0 saturated carbocycles. The van der Waals surface area contributed by atoms with E-state index in [2.05, 4.69) is 64.7 Å². The largest absolute Gasteiger partial charge is 0.354 e. The molecule has 0 saturated heterocycles. The van der Waals surface area contributed by atoms with Gasteiger partial charge in [-0.15, -0.1) is 0 Å². The first-order valence-corrected chi connectivity index (χ1v) is 7.43. The average Bonchev–Trinajstić information content (AvgIpc) is 2.55. The Hall–Kier alpha value is -2.42. The van der Waals surface area contributed by atoms with Gasteiger partial charge in [0.25, 0.3) is 0 Å². The lowest BCUT2D eigenvalue weighted by molar-refractivity contribution is 0.826. The molecular formula is C18H19N3. The van der Waals surface area contributed by atoms with Crippen molar-refractivity contribution >= 4 is 16.7 Å². The van der Waals surface area contributed by atoms with Gasteiger partial charge in [0, 0.05) is 18.3 Å². The first-order chi connectivity index (χ1) is 10.4. The molecule has 3 heteroatoms. The van der Waals surface area contributed by atoms with Crippen LogP contribution in [0.15, 0.2) is 54.7 Å². The Bertz CT molecular complexity index is 732. The van der Waals surface area contributed by atoms with E-state index in [0.29, 0.717) is 5.95 Å². The Labute approximate surface area is 125 Å². The van der Waals surface area contributed by atoms with E-state index in [1.807, 2.05) is 12.3 Å². The van der Waals surface area contributed by atoms with E-state index in [9.17, 15) is 0 Å². The minimum Gasteiger partial charge on any atom is -0.354 e. The second-order valence-corrected chi connectivity index (χ2v) is 5.07. The SMILES string of the molecule is CCCCNc1nccc(-c2cccc3ccccc23)n1. The number of nitrogens with zero attached hydrogens (tertiary/aromatic N) is 2. The van der Waals surface area contributed by atoms with Gasteiger partial charge >= 0.3 is 0 Å². The molecule has 1 aromatic heterocycles. The van der Waals surface area contributed by atoms with E-state index in [0.717, 1.165) is 30.6 Å². The maximum Gasteiger partial charge on any atom is 0.223 e. The van der Waals surface area contributed by atoms with Crippen LogP contribution in [0.5, 0.6) is 0 Å². The molecule has 0 bridgehead atoms. The van der Waals surface area contributed by atoms with Gasteiger partial charge < -0.3 is 5.32 Å². The lowest BCUT2D eigenvalue weighted by atomic mass is 10.0. The van der Waals surface area contributed by atoms with Crippen molar-refractivity contribution in [3.8, 4) is 11.3 Å². The van der Waals surface area contributed by atoms with Gasteiger partial charge in [-0.2, -0.15) is 0 Å². The predicted molar refractivity (Wildman–Crippen MR) is 88.4 cm³/mol. The molecule has 0 atom stereocenters. The molecule has 0 radical (unpaired) electrons. The van der Waals surface area contributed by atoms with Gasteiger partial charge in [-0.1, -0.05) is 55.8 Å². The van der Waals surface area contributed by atoms with Crippen molar-refractivity contribution in [2.75, 3.05) is 11.9 Å². The molecule has 106 valence electrons. The Morgan fingerprint density at radius 3 is 2.76 bits per heavy atom. The van der Waals surface area contributed by atoms with Crippen molar-refractivity contribution in [3.63, 3.8) is 0 Å². The predicted octanol–water partition coefficient (Wildman–Crippen LogP) is 4.51. The van der Waals surface area contributed by atoms with Crippen LogP contribution in [0.3, 0.4) is 0 Å². The molecule has 1 N–H and O–H groups in total. The lowest BCUT2D eigenvalue weighted by Crippen LogP contribution is -2.05. The third-order valence-corrected chi connectivity index (χ3v) is 3.53. The molecule has 3 rings (SSSR count). The highest BCUT2D eigenvalue weighted by Gasteiger charge is 2.05. The van der Waals surface area contributed by atoms with E-state index in [-0.39, 0.29) is 0 Å². The second-order valence-electron chi connectivity index (χ2n) is 5.07. The summed E-state index contributed by atoms with van der Waals surface area (Å²) in [6.07, 6.45) is 4.11. The Morgan fingerprint density at radius 2 is 1.86 bits per heavy atom. The smallest absolute Gasteiger partial charge is 0.223 e. The Kier molecular flexibility index (Phi) is 4.10. The van der Waals surface area contributed by atoms with Crippen LogP contribution in [0.2, 0.25) is 0 Å². The van der Waals surface area contributed by atoms with Crippen LogP contribution in [-0.4, -0.2) is 16.5 Å². The summed E-state index contributed by atoms with van der Waals surface area (Å²) < 4.78 is 0. The van der Waals surface area contributed by atoms with Gasteiger partial charge in [-0.25, -0.2) is 9.97 Å². The zero-order chi connectivity index (χ0) is 14.5. The van der Waals surface area contributed by atoms with Crippen molar-refractivity contribution in [3.05, 3.63) is 54.7 Å². The molecule has 0 aliphatic carbocycles. The molecule has 0 spiro atoms. The summed E-state index contributed by atoms with van der Waals surface area (Å²) >= 11 is 0. The van der Waals surface area contributed by atoms with Gasteiger partial charge in [-0.05, 0) is 23.3 Å². The van der Waals surface area contributed by atoms with E-state index in [4.69, 9.17) is 0 Å². The second kappa shape index (κ2) is 6.35. The van der Waals surface area contributed by atoms with Gasteiger partial charge in [0.1, 0.15) is 0 Å². The fourth-order valence-corrected chi connectivity index (χ4v) is 2.42. The molecule has 3 aromatic rings. The zero-order valence-corrected chi connectivity index (χ0v) is 12.2. The van der Waals surface area contributed by atoms with E-state index < -0.39 is 0 Å². The first-order valence-electron chi connectivity index (χ1n) is 7.43. The van der Waals surface area contributed by atoms with Crippen LogP contribution in [0.1, 0.15) is 19.8 Å². The van der Waals surface area contributed by atoms with Crippen molar-refractivity contribution < 1.29 is 0 Å². The minimum atomic E-state index is 0.703. The molecule has 0 amide bonds. The summed E-state index contributed by atoms with van der Waals surface area (Å²) in [5, 5.41) is 5.73. The summed E-state index contributed by atoms with van der Waals surface area (Å²) in [5.74, 6) is 0.703. The third kappa shape index (κ3) is 3.02. The molecule has 1 heterocycles. The average molecular weight is 277 g/mol. The monoisotopic (exact) mass is 277 g/mol. The molecule has 0 aliphatic heterocycles. The van der Waals surface area contributed by atoms with Crippen LogP contribution in [0, 0.1) is 0 Å². The minimum absolute atomic E-state index is 0.703. The summed E-state index contributed by atoms with van der Waals surface area (Å²) in [5.41, 5.74) is 2.11. The van der Waals surface area contributed by atoms with Gasteiger partial charge in [-0.3, -0.25) is 0 Å². The number of hydrogen-bond acceptors (Lipinski definition) is 3. The number of benzene rings is 2. The standard InChI is InChI=1S/C18H19N3/c1-2-3-12-19-18-20-13-11-17(21-18)16-10-6-8-14-7-4-5-9-15(14)16/h4-11,13H,2-3,12H2,1H3,(H,19,20,21). The summed E-state index contributed by atoms with van der Waals surface area (Å²) in [6.45, 7) is 3.09. The van der Waals surface area contributed by atoms with Crippen molar-refractivity contribution in [2.45, 2.75) is 19.8 Å². The molecule has 21 heavy (non-hydrogen) atoms. The highest BCUT2D eigenvalue weighted by molar-refractivity contribution is 5.95. The topological polar surface area (TPSA) is 37.8 Å². The van der Waals surface area contributed by atoms with Crippen LogP contribution in [0.25, 0.3) is 22.0 Å². The summed E-state index contributed by atoms with van der Waals surface area (Å²) in [6, 6.07) is 16.7. The van der Waals surface area contributed by atoms with Crippen LogP contribution < -0.4 is 5.32 Å². The van der Waals surface area contributed by atoms with Gasteiger partial charge in [0.05, 0.1) is 5.69 Å². The van der Waals surface area contributed by atoms with Crippen molar-refractivity contribution in [2.24, 2.45) is 0 Å². The van der Waals surface area contributed by atoms with Crippen LogP contribution >= 0.6 is 0 Å². The number of nitrogens with one attached hydrogen (secondary N) is 1.